The molecule has 1 aromatic heterocycles. The normalized spacial score (nSPS) is 18.0. The van der Waals surface area contributed by atoms with Gasteiger partial charge in [-0.25, -0.2) is 23.5 Å². The minimum absolute atomic E-state index is 0.0474. The number of hydrogen-bond donors (Lipinski definition) is 1. The highest BCUT2D eigenvalue weighted by atomic mass is 19.3. The summed E-state index contributed by atoms with van der Waals surface area (Å²) in [5, 5.41) is 9.57. The lowest BCUT2D eigenvalue weighted by Crippen LogP contribution is -2.56. The molecule has 10 heteroatoms. The molecule has 2 heterocycles. The quantitative estimate of drug-likeness (QED) is 0.761. The van der Waals surface area contributed by atoms with Crippen LogP contribution in [-0.2, 0) is 4.74 Å². The number of alkyl halides is 2. The van der Waals surface area contributed by atoms with Gasteiger partial charge in [-0.3, -0.25) is 0 Å². The van der Waals surface area contributed by atoms with E-state index in [-0.39, 0.29) is 30.2 Å². The van der Waals surface area contributed by atoms with Gasteiger partial charge in [-0.2, -0.15) is 5.26 Å². The number of piperidine rings is 1. The summed E-state index contributed by atoms with van der Waals surface area (Å²) in [6, 6.07) is 6.69. The van der Waals surface area contributed by atoms with Crippen molar-refractivity contribution < 1.29 is 23.0 Å². The number of aryl methyl sites for hydroxylation is 1. The van der Waals surface area contributed by atoms with Crippen LogP contribution in [0, 0.1) is 18.3 Å². The third-order valence-corrected chi connectivity index (χ3v) is 4.85. The summed E-state index contributed by atoms with van der Waals surface area (Å²) < 4.78 is 40.5. The van der Waals surface area contributed by atoms with Crippen molar-refractivity contribution in [2.75, 3.05) is 18.8 Å². The third-order valence-electron chi connectivity index (χ3n) is 4.85. The Morgan fingerprint density at radius 2 is 2.09 bits per heavy atom. The summed E-state index contributed by atoms with van der Waals surface area (Å²) >= 11 is 0. The lowest BCUT2D eigenvalue weighted by molar-refractivity contribution is -0.137. The Balaban J connectivity index is 1.81. The molecule has 0 unspecified atom stereocenters. The Hall–Kier alpha value is -3.48. The fourth-order valence-electron chi connectivity index (χ4n) is 3.37. The number of amides is 1. The largest absolute Gasteiger partial charge is 0.483 e. The van der Waals surface area contributed by atoms with Gasteiger partial charge in [0.25, 0.3) is 0 Å². The molecule has 3 rings (SSSR count). The zero-order valence-corrected chi connectivity index (χ0v) is 18.4. The van der Waals surface area contributed by atoms with Crippen LogP contribution in [0.25, 0.3) is 11.3 Å². The van der Waals surface area contributed by atoms with Crippen LogP contribution in [0.1, 0.15) is 38.3 Å². The number of nitriles is 1. The van der Waals surface area contributed by atoms with E-state index >= 15 is 0 Å². The Bertz CT molecular complexity index is 1060. The van der Waals surface area contributed by atoms with E-state index in [0.29, 0.717) is 16.8 Å². The van der Waals surface area contributed by atoms with Crippen molar-refractivity contribution in [3.8, 4) is 23.1 Å². The average Bonchev–Trinajstić information content (AvgIpc) is 2.68. The van der Waals surface area contributed by atoms with Crippen LogP contribution < -0.4 is 10.5 Å². The maximum absolute atomic E-state index is 14.8. The zero-order valence-electron chi connectivity index (χ0n) is 18.4. The highest BCUT2D eigenvalue weighted by Gasteiger charge is 2.48. The van der Waals surface area contributed by atoms with Crippen LogP contribution in [0.15, 0.2) is 24.4 Å². The molecule has 1 atom stereocenters. The smallest absolute Gasteiger partial charge is 0.410 e. The summed E-state index contributed by atoms with van der Waals surface area (Å²) in [4.78, 5) is 21.1. The first-order valence-electron chi connectivity index (χ1n) is 10.1. The molecule has 1 aliphatic heterocycles. The van der Waals surface area contributed by atoms with Crippen LogP contribution in [0.2, 0.25) is 0 Å². The number of anilines is 1. The molecule has 0 bridgehead atoms. The SMILES string of the molecule is Cc1cc(O[C@H]2CCN(C(=O)OC(C)(C)C)CC2(F)F)c(C#N)cc1-c1ccnc(N)n1. The second kappa shape index (κ2) is 8.57. The van der Waals surface area contributed by atoms with Gasteiger partial charge in [0.2, 0.25) is 5.95 Å². The van der Waals surface area contributed by atoms with Crippen molar-refractivity contribution in [1.29, 1.82) is 5.26 Å². The number of ether oxygens (including phenoxy) is 2. The number of halogens is 2. The van der Waals surface area contributed by atoms with Crippen molar-refractivity contribution >= 4 is 12.0 Å². The van der Waals surface area contributed by atoms with E-state index in [9.17, 15) is 18.8 Å². The second-order valence-electron chi connectivity index (χ2n) is 8.63. The Morgan fingerprint density at radius 3 is 2.69 bits per heavy atom. The number of aromatic nitrogens is 2. The van der Waals surface area contributed by atoms with E-state index in [1.165, 1.54) is 18.3 Å². The van der Waals surface area contributed by atoms with Gasteiger partial charge in [0, 0.05) is 24.7 Å². The lowest BCUT2D eigenvalue weighted by atomic mass is 10.0. The summed E-state index contributed by atoms with van der Waals surface area (Å²) in [5.41, 5.74) is 6.74. The molecule has 1 aliphatic rings. The molecule has 0 saturated carbocycles. The first-order chi connectivity index (χ1) is 14.9. The number of nitrogens with zero attached hydrogens (tertiary/aromatic N) is 4. The van der Waals surface area contributed by atoms with Crippen molar-refractivity contribution in [3.63, 3.8) is 0 Å². The molecule has 8 nitrogen and oxygen atoms in total. The lowest BCUT2D eigenvalue weighted by Gasteiger charge is -2.38. The third kappa shape index (κ3) is 5.22. The number of carbonyl (C=O) groups excluding carboxylic acids is 1. The van der Waals surface area contributed by atoms with Crippen LogP contribution in [0.3, 0.4) is 0 Å². The molecule has 0 spiro atoms. The van der Waals surface area contributed by atoms with Gasteiger partial charge in [-0.15, -0.1) is 0 Å². The Labute approximate surface area is 185 Å². The van der Waals surface area contributed by atoms with E-state index in [1.54, 1.807) is 33.8 Å². The molecule has 2 aromatic rings. The fraction of sp³-hybridized carbons (Fsp3) is 0.455. The van der Waals surface area contributed by atoms with E-state index < -0.39 is 30.3 Å². The van der Waals surface area contributed by atoms with Crippen LogP contribution in [0.5, 0.6) is 5.75 Å². The highest BCUT2D eigenvalue weighted by molar-refractivity contribution is 5.69. The summed E-state index contributed by atoms with van der Waals surface area (Å²) in [7, 11) is 0. The van der Waals surface area contributed by atoms with Crippen molar-refractivity contribution in [2.24, 2.45) is 0 Å². The number of nitrogen functional groups attached to an aromatic ring is 1. The number of hydrogen-bond acceptors (Lipinski definition) is 7. The Morgan fingerprint density at radius 1 is 1.38 bits per heavy atom. The fourth-order valence-corrected chi connectivity index (χ4v) is 3.37. The molecule has 2 N–H and O–H groups in total. The Kier molecular flexibility index (Phi) is 6.21. The van der Waals surface area contributed by atoms with Crippen molar-refractivity contribution in [1.82, 2.24) is 14.9 Å². The van der Waals surface area contributed by atoms with E-state index in [0.717, 1.165) is 4.90 Å². The highest BCUT2D eigenvalue weighted by Crippen LogP contribution is 2.35. The second-order valence-corrected chi connectivity index (χ2v) is 8.63. The molecule has 1 fully saturated rings. The summed E-state index contributed by atoms with van der Waals surface area (Å²) in [6.07, 6.45) is -0.904. The van der Waals surface area contributed by atoms with Gasteiger partial charge in [-0.1, -0.05) is 0 Å². The van der Waals surface area contributed by atoms with Gasteiger partial charge in [0.05, 0.1) is 17.8 Å². The first-order valence-corrected chi connectivity index (χ1v) is 10.1. The van der Waals surface area contributed by atoms with Crippen LogP contribution in [0.4, 0.5) is 19.5 Å². The van der Waals surface area contributed by atoms with Crippen molar-refractivity contribution in [2.45, 2.75) is 51.7 Å². The molecule has 32 heavy (non-hydrogen) atoms. The molecule has 1 saturated heterocycles. The predicted octanol–water partition coefficient (Wildman–Crippen LogP) is 3.93. The van der Waals surface area contributed by atoms with Gasteiger partial charge in [-0.05, 0) is 51.5 Å². The first kappa shape index (κ1) is 23.2. The van der Waals surface area contributed by atoms with Gasteiger partial charge >= 0.3 is 12.0 Å². The maximum atomic E-state index is 14.8. The molecular weight excluding hydrogens is 420 g/mol. The topological polar surface area (TPSA) is 114 Å². The van der Waals surface area contributed by atoms with E-state index in [2.05, 4.69) is 9.97 Å². The molecule has 1 amide bonds. The minimum atomic E-state index is -3.32. The number of likely N-dealkylation sites (tertiary alicyclic amines) is 1. The predicted molar refractivity (Wildman–Crippen MR) is 113 cm³/mol. The molecule has 0 radical (unpaired) electrons. The van der Waals surface area contributed by atoms with Gasteiger partial charge in [0.15, 0.2) is 6.10 Å². The van der Waals surface area contributed by atoms with E-state index in [1.807, 2.05) is 6.07 Å². The zero-order chi connectivity index (χ0) is 23.7. The molecule has 1 aromatic carbocycles. The van der Waals surface area contributed by atoms with Crippen LogP contribution in [-0.4, -0.2) is 51.7 Å². The number of benzene rings is 1. The van der Waals surface area contributed by atoms with Crippen molar-refractivity contribution in [3.05, 3.63) is 35.5 Å². The van der Waals surface area contributed by atoms with E-state index in [4.69, 9.17) is 15.2 Å². The number of carbonyl (C=O) groups is 1. The average molecular weight is 445 g/mol. The number of rotatable bonds is 3. The van der Waals surface area contributed by atoms with Gasteiger partial charge < -0.3 is 20.1 Å². The number of nitrogens with two attached hydrogens (primary N) is 1. The van der Waals surface area contributed by atoms with Crippen LogP contribution >= 0.6 is 0 Å². The molecular formula is C22H25F2N5O3. The molecule has 0 aliphatic carbocycles. The summed E-state index contributed by atoms with van der Waals surface area (Å²) in [5.74, 6) is -3.20. The van der Waals surface area contributed by atoms with Gasteiger partial charge in [0.1, 0.15) is 17.4 Å². The maximum Gasteiger partial charge on any atom is 0.410 e. The molecule has 170 valence electrons. The summed E-state index contributed by atoms with van der Waals surface area (Å²) in [6.45, 7) is 5.99. The minimum Gasteiger partial charge on any atom is -0.483 e. The monoisotopic (exact) mass is 445 g/mol. The standard InChI is InChI=1S/C22H25F2N5O3/c1-13-9-17(14(11-25)10-15(13)16-5-7-27-19(26)28-16)31-18-6-8-29(12-22(18,23)24)20(30)32-21(2,3)4/h5,7,9-10,18H,6,8,12H2,1-4H3,(H2,26,27,28)/t18-/m0/s1.